The van der Waals surface area contributed by atoms with Gasteiger partial charge in [-0.1, -0.05) is 11.6 Å². The highest BCUT2D eigenvalue weighted by Crippen LogP contribution is 2.26. The van der Waals surface area contributed by atoms with Gasteiger partial charge in [0, 0.05) is 6.07 Å². The molecule has 164 valence electrons. The molecule has 0 aliphatic carbocycles. The summed E-state index contributed by atoms with van der Waals surface area (Å²) in [6, 6.07) is 1.45. The van der Waals surface area contributed by atoms with Gasteiger partial charge in [-0.25, -0.2) is 15.0 Å². The van der Waals surface area contributed by atoms with Gasteiger partial charge < -0.3 is 19.5 Å². The van der Waals surface area contributed by atoms with Gasteiger partial charge in [-0.15, -0.1) is 0 Å². The molecule has 0 aliphatic rings. The molecule has 1 aromatic rings. The van der Waals surface area contributed by atoms with E-state index >= 15 is 0 Å². The van der Waals surface area contributed by atoms with E-state index in [1.807, 2.05) is 26.2 Å². The molecular weight excluding hydrogens is 405 g/mol. The molecule has 0 aliphatic heterocycles. The quantitative estimate of drug-likeness (QED) is 0.346. The Labute approximate surface area is 175 Å². The molecule has 0 heterocycles. The summed E-state index contributed by atoms with van der Waals surface area (Å²) in [6.45, 7) is 10.8. The third kappa shape index (κ3) is 9.29. The van der Waals surface area contributed by atoms with Crippen LogP contribution in [0.4, 0.5) is 9.18 Å². The molecule has 10 heteroatoms. The van der Waals surface area contributed by atoms with Crippen LogP contribution >= 0.6 is 11.6 Å². The van der Waals surface area contributed by atoms with Crippen LogP contribution in [0.2, 0.25) is 5.02 Å². The number of hydrazine groups is 1. The van der Waals surface area contributed by atoms with Gasteiger partial charge in [0.2, 0.25) is 0 Å². The van der Waals surface area contributed by atoms with E-state index in [9.17, 15) is 14.0 Å². The fourth-order valence-corrected chi connectivity index (χ4v) is 2.28. The van der Waals surface area contributed by atoms with Crippen LogP contribution in [0, 0.1) is 5.82 Å². The minimum absolute atomic E-state index is 0.0352. The first-order valence-corrected chi connectivity index (χ1v) is 9.36. The Morgan fingerprint density at radius 1 is 1.14 bits per heavy atom. The first kappa shape index (κ1) is 24.9. The van der Waals surface area contributed by atoms with E-state index in [0.29, 0.717) is 0 Å². The molecule has 1 rings (SSSR count). The van der Waals surface area contributed by atoms with Crippen molar-refractivity contribution in [2.45, 2.75) is 58.8 Å². The molecule has 0 saturated heterocycles. The van der Waals surface area contributed by atoms with Gasteiger partial charge in [0.05, 0.1) is 28.8 Å². The lowest BCUT2D eigenvalue weighted by molar-refractivity contribution is -0.0227. The maximum absolute atomic E-state index is 14.3. The summed E-state index contributed by atoms with van der Waals surface area (Å²) in [5.74, 6) is 3.32. The summed E-state index contributed by atoms with van der Waals surface area (Å²) in [7, 11) is 0. The van der Waals surface area contributed by atoms with Crippen LogP contribution in [0.15, 0.2) is 12.1 Å². The van der Waals surface area contributed by atoms with E-state index in [1.165, 1.54) is 0 Å². The van der Waals surface area contributed by atoms with Crippen LogP contribution in [-0.4, -0.2) is 42.5 Å². The average Bonchev–Trinajstić information content (AvgIpc) is 2.56. The zero-order valence-corrected chi connectivity index (χ0v) is 18.3. The zero-order chi connectivity index (χ0) is 22.4. The molecule has 2 amide bonds. The maximum atomic E-state index is 14.3. The topological polar surface area (TPSA) is 112 Å². The van der Waals surface area contributed by atoms with Crippen molar-refractivity contribution in [1.82, 2.24) is 10.7 Å². The Kier molecular flexibility index (Phi) is 8.67. The molecule has 29 heavy (non-hydrogen) atoms. The molecule has 1 aromatic carbocycles. The predicted octanol–water partition coefficient (Wildman–Crippen LogP) is 3.17. The van der Waals surface area contributed by atoms with Crippen molar-refractivity contribution < 1.29 is 28.2 Å². The lowest BCUT2D eigenvalue weighted by atomic mass is 10.2. The van der Waals surface area contributed by atoms with Crippen molar-refractivity contribution in [3.8, 4) is 5.75 Å². The Hall–Kier alpha value is -2.10. The largest absolute Gasteiger partial charge is 0.488 e. The van der Waals surface area contributed by atoms with Crippen molar-refractivity contribution in [1.29, 1.82) is 0 Å². The summed E-state index contributed by atoms with van der Waals surface area (Å²) >= 11 is 5.99. The molecule has 8 nitrogen and oxygen atoms in total. The Morgan fingerprint density at radius 2 is 1.76 bits per heavy atom. The summed E-state index contributed by atoms with van der Waals surface area (Å²) in [5, 5.41) is 2.61. The van der Waals surface area contributed by atoms with Crippen molar-refractivity contribution in [3.63, 3.8) is 0 Å². The van der Waals surface area contributed by atoms with E-state index in [1.54, 1.807) is 20.8 Å². The van der Waals surface area contributed by atoms with Crippen LogP contribution in [0.3, 0.4) is 0 Å². The lowest BCUT2D eigenvalue weighted by Gasteiger charge is -2.27. The van der Waals surface area contributed by atoms with Crippen molar-refractivity contribution in [3.05, 3.63) is 28.5 Å². The lowest BCUT2D eigenvalue weighted by Crippen LogP contribution is -2.46. The van der Waals surface area contributed by atoms with Crippen LogP contribution in [0.5, 0.6) is 5.75 Å². The highest BCUT2D eigenvalue weighted by molar-refractivity contribution is 6.34. The van der Waals surface area contributed by atoms with E-state index in [2.05, 4.69) is 5.32 Å². The van der Waals surface area contributed by atoms with Crippen molar-refractivity contribution in [2.75, 3.05) is 13.2 Å². The SMILES string of the molecule is CC(C)(C)OC[C@H](COc1cc(Cl)c(C(=O)NN)cc1F)NC(=O)OC(C)(C)C. The maximum Gasteiger partial charge on any atom is 0.408 e. The molecule has 0 unspecified atom stereocenters. The van der Waals surface area contributed by atoms with Crippen LogP contribution in [-0.2, 0) is 9.47 Å². The summed E-state index contributed by atoms with van der Waals surface area (Å²) in [6.07, 6.45) is -0.655. The number of ether oxygens (including phenoxy) is 3. The Balaban J connectivity index is 2.89. The number of halogens is 2. The summed E-state index contributed by atoms with van der Waals surface area (Å²) in [4.78, 5) is 23.7. The summed E-state index contributed by atoms with van der Waals surface area (Å²) in [5.41, 5.74) is 0.615. The predicted molar refractivity (Wildman–Crippen MR) is 107 cm³/mol. The zero-order valence-electron chi connectivity index (χ0n) is 17.5. The number of rotatable bonds is 7. The van der Waals surface area contributed by atoms with Gasteiger partial charge in [0.1, 0.15) is 12.2 Å². The third-order valence-corrected chi connectivity index (χ3v) is 3.59. The molecule has 4 N–H and O–H groups in total. The van der Waals surface area contributed by atoms with E-state index < -0.39 is 35.1 Å². The Morgan fingerprint density at radius 3 is 2.28 bits per heavy atom. The number of carbonyl (C=O) groups is 2. The molecule has 0 fully saturated rings. The number of benzene rings is 1. The van der Waals surface area contributed by atoms with Gasteiger partial charge >= 0.3 is 6.09 Å². The summed E-state index contributed by atoms with van der Waals surface area (Å²) < 4.78 is 30.7. The molecule has 0 bridgehead atoms. The van der Waals surface area contributed by atoms with Crippen LogP contribution < -0.4 is 21.3 Å². The second-order valence-corrected chi connectivity index (χ2v) is 8.72. The van der Waals surface area contributed by atoms with Gasteiger partial charge in [-0.05, 0) is 47.6 Å². The Bertz CT molecular complexity index is 732. The van der Waals surface area contributed by atoms with E-state index in [4.69, 9.17) is 31.7 Å². The number of nitrogen functional groups attached to an aromatic ring is 1. The standard InChI is InChI=1S/C19H29ClFN3O5/c1-18(2,3)28-10-11(23-17(26)29-19(4,5)6)9-27-15-8-13(20)12(7-14(15)21)16(25)24-22/h7-8,11H,9-10,22H2,1-6H3,(H,23,26)(H,24,25)/t11-/m0/s1. The molecule has 0 saturated carbocycles. The fraction of sp³-hybridized carbons (Fsp3) is 0.579. The molecule has 0 aromatic heterocycles. The number of alkyl carbamates (subject to hydrolysis) is 1. The number of nitrogens with one attached hydrogen (secondary N) is 2. The van der Waals surface area contributed by atoms with Gasteiger partial charge in [-0.2, -0.15) is 0 Å². The number of hydrogen-bond donors (Lipinski definition) is 3. The molecule has 0 spiro atoms. The number of carbonyl (C=O) groups excluding carboxylic acids is 2. The minimum atomic E-state index is -0.805. The van der Waals surface area contributed by atoms with Crippen molar-refractivity contribution >= 4 is 23.6 Å². The van der Waals surface area contributed by atoms with E-state index in [-0.39, 0.29) is 29.5 Å². The second kappa shape index (κ2) is 10.1. The first-order chi connectivity index (χ1) is 13.2. The highest BCUT2D eigenvalue weighted by Gasteiger charge is 2.23. The molecule has 1 atom stereocenters. The van der Waals surface area contributed by atoms with Crippen molar-refractivity contribution in [2.24, 2.45) is 5.84 Å². The van der Waals surface area contributed by atoms with Gasteiger partial charge in [0.25, 0.3) is 5.91 Å². The normalized spacial score (nSPS) is 12.9. The van der Waals surface area contributed by atoms with Gasteiger partial charge in [-0.3, -0.25) is 10.2 Å². The second-order valence-electron chi connectivity index (χ2n) is 8.31. The molecular formula is C19H29ClFN3O5. The number of amides is 2. The monoisotopic (exact) mass is 433 g/mol. The van der Waals surface area contributed by atoms with Crippen LogP contribution in [0.25, 0.3) is 0 Å². The minimum Gasteiger partial charge on any atom is -0.488 e. The van der Waals surface area contributed by atoms with Gasteiger partial charge in [0.15, 0.2) is 11.6 Å². The average molecular weight is 434 g/mol. The first-order valence-electron chi connectivity index (χ1n) is 8.98. The van der Waals surface area contributed by atoms with Crippen LogP contribution in [0.1, 0.15) is 51.9 Å². The van der Waals surface area contributed by atoms with E-state index in [0.717, 1.165) is 12.1 Å². The highest BCUT2D eigenvalue weighted by atomic mass is 35.5. The number of nitrogens with two attached hydrogens (primary N) is 1. The fourth-order valence-electron chi connectivity index (χ4n) is 2.04. The number of hydrogen-bond acceptors (Lipinski definition) is 6. The third-order valence-electron chi connectivity index (χ3n) is 3.28. The smallest absolute Gasteiger partial charge is 0.408 e. The molecule has 0 radical (unpaired) electrons.